The summed E-state index contributed by atoms with van der Waals surface area (Å²) in [5.74, 6) is 0. The van der Waals surface area contributed by atoms with Crippen molar-refractivity contribution >= 4 is 6.08 Å². The highest BCUT2D eigenvalue weighted by atomic mass is 16.6. The van der Waals surface area contributed by atoms with E-state index in [-0.39, 0.29) is 6.61 Å². The predicted octanol–water partition coefficient (Wildman–Crippen LogP) is 1.18. The van der Waals surface area contributed by atoms with E-state index in [1.165, 1.54) is 10.8 Å². The molecule has 2 aromatic rings. The van der Waals surface area contributed by atoms with Crippen LogP contribution >= 0.6 is 0 Å². The number of aliphatic hydroxyl groups is 1. The molecule has 0 bridgehead atoms. The van der Waals surface area contributed by atoms with E-state index in [9.17, 15) is 14.7 Å². The van der Waals surface area contributed by atoms with Crippen LogP contribution in [0.15, 0.2) is 52.4 Å². The maximum atomic E-state index is 12.0. The third-order valence-electron chi connectivity index (χ3n) is 4.13. The standard InChI is InChI=1S/C18H20N2O5/c1-12-10-20(18(23)19-17(12)22)16-9-14(15(11-21)25-16)24-8-7-13-5-3-2-4-6-13/h2-8,10,14-16,21H,9,11H2,1H3,(H,19,22,23)/t14?,15-,16-/m1/s1. The number of ether oxygens (including phenoxy) is 2. The third kappa shape index (κ3) is 3.89. The number of aliphatic hydroxyl groups excluding tert-OH is 1. The minimum absolute atomic E-state index is 0.225. The Hall–Kier alpha value is -2.64. The Kier molecular flexibility index (Phi) is 5.16. The number of aryl methyl sites for hydroxylation is 1. The summed E-state index contributed by atoms with van der Waals surface area (Å²) in [5.41, 5.74) is 0.442. The lowest BCUT2D eigenvalue weighted by Gasteiger charge is -2.15. The molecular weight excluding hydrogens is 324 g/mol. The molecule has 3 atom stereocenters. The largest absolute Gasteiger partial charge is 0.495 e. The van der Waals surface area contributed by atoms with Gasteiger partial charge in [0.15, 0.2) is 0 Å². The third-order valence-corrected chi connectivity index (χ3v) is 4.13. The summed E-state index contributed by atoms with van der Waals surface area (Å²) in [6.07, 6.45) is 3.68. The molecule has 25 heavy (non-hydrogen) atoms. The zero-order valence-electron chi connectivity index (χ0n) is 13.8. The molecule has 1 saturated heterocycles. The predicted molar refractivity (Wildman–Crippen MR) is 92.0 cm³/mol. The minimum Gasteiger partial charge on any atom is -0.495 e. The van der Waals surface area contributed by atoms with Gasteiger partial charge in [0.25, 0.3) is 5.56 Å². The van der Waals surface area contributed by atoms with Gasteiger partial charge in [-0.15, -0.1) is 0 Å². The molecule has 7 nitrogen and oxygen atoms in total. The second kappa shape index (κ2) is 7.50. The number of aromatic amines is 1. The molecule has 0 amide bonds. The van der Waals surface area contributed by atoms with Gasteiger partial charge in [0.05, 0.1) is 12.9 Å². The first-order valence-electron chi connectivity index (χ1n) is 8.04. The van der Waals surface area contributed by atoms with E-state index in [1.807, 2.05) is 36.4 Å². The monoisotopic (exact) mass is 344 g/mol. The van der Waals surface area contributed by atoms with Gasteiger partial charge < -0.3 is 14.6 Å². The van der Waals surface area contributed by atoms with Crippen molar-refractivity contribution in [3.05, 3.63) is 74.8 Å². The Morgan fingerprint density at radius 1 is 1.36 bits per heavy atom. The average molecular weight is 344 g/mol. The molecule has 0 spiro atoms. The highest BCUT2D eigenvalue weighted by Crippen LogP contribution is 2.29. The molecule has 1 aliphatic rings. The fourth-order valence-electron chi connectivity index (χ4n) is 2.76. The van der Waals surface area contributed by atoms with Crippen molar-refractivity contribution in [3.8, 4) is 0 Å². The van der Waals surface area contributed by atoms with E-state index in [4.69, 9.17) is 9.47 Å². The zero-order chi connectivity index (χ0) is 17.8. The quantitative estimate of drug-likeness (QED) is 0.795. The lowest BCUT2D eigenvalue weighted by molar-refractivity contribution is -0.0479. The highest BCUT2D eigenvalue weighted by Gasteiger charge is 2.37. The first-order valence-corrected chi connectivity index (χ1v) is 8.04. The van der Waals surface area contributed by atoms with Gasteiger partial charge in [-0.2, -0.15) is 0 Å². The van der Waals surface area contributed by atoms with Crippen LogP contribution < -0.4 is 11.2 Å². The molecule has 1 aliphatic heterocycles. The van der Waals surface area contributed by atoms with Gasteiger partial charge in [-0.05, 0) is 18.6 Å². The summed E-state index contributed by atoms with van der Waals surface area (Å²) in [7, 11) is 0. The average Bonchev–Trinajstić information content (AvgIpc) is 3.02. The second-order valence-electron chi connectivity index (χ2n) is 5.91. The molecule has 2 N–H and O–H groups in total. The molecule has 0 radical (unpaired) electrons. The van der Waals surface area contributed by atoms with E-state index < -0.39 is 29.7 Å². The van der Waals surface area contributed by atoms with E-state index in [0.717, 1.165) is 5.56 Å². The van der Waals surface area contributed by atoms with E-state index >= 15 is 0 Å². The summed E-state index contributed by atoms with van der Waals surface area (Å²) < 4.78 is 12.7. The maximum Gasteiger partial charge on any atom is 0.330 e. The molecule has 0 saturated carbocycles. The van der Waals surface area contributed by atoms with Crippen LogP contribution in [0.5, 0.6) is 0 Å². The summed E-state index contributed by atoms with van der Waals surface area (Å²) >= 11 is 0. The van der Waals surface area contributed by atoms with Crippen LogP contribution in [0.4, 0.5) is 0 Å². The lowest BCUT2D eigenvalue weighted by Crippen LogP contribution is -2.33. The maximum absolute atomic E-state index is 12.0. The van der Waals surface area contributed by atoms with Crippen LogP contribution in [-0.2, 0) is 9.47 Å². The fourth-order valence-corrected chi connectivity index (χ4v) is 2.76. The topological polar surface area (TPSA) is 93.6 Å². The van der Waals surface area contributed by atoms with Crippen LogP contribution in [0.1, 0.15) is 23.8 Å². The van der Waals surface area contributed by atoms with Gasteiger partial charge in [0, 0.05) is 18.2 Å². The van der Waals surface area contributed by atoms with Crippen molar-refractivity contribution in [2.45, 2.75) is 31.8 Å². The van der Waals surface area contributed by atoms with E-state index in [0.29, 0.717) is 12.0 Å². The molecule has 2 heterocycles. The molecule has 1 fully saturated rings. The molecule has 7 heteroatoms. The first-order chi connectivity index (χ1) is 12.1. The first kappa shape index (κ1) is 17.2. The van der Waals surface area contributed by atoms with Gasteiger partial charge in [-0.3, -0.25) is 14.3 Å². The fraction of sp³-hybridized carbons (Fsp3) is 0.333. The van der Waals surface area contributed by atoms with Crippen molar-refractivity contribution < 1.29 is 14.6 Å². The van der Waals surface area contributed by atoms with Crippen LogP contribution in [-0.4, -0.2) is 33.5 Å². The summed E-state index contributed by atoms with van der Waals surface area (Å²) in [5, 5.41) is 9.51. The summed E-state index contributed by atoms with van der Waals surface area (Å²) in [6.45, 7) is 1.39. The Morgan fingerprint density at radius 2 is 2.12 bits per heavy atom. The molecule has 1 aromatic heterocycles. The van der Waals surface area contributed by atoms with Gasteiger partial charge in [-0.25, -0.2) is 4.79 Å². The van der Waals surface area contributed by atoms with Crippen molar-refractivity contribution in [2.75, 3.05) is 6.61 Å². The summed E-state index contributed by atoms with van der Waals surface area (Å²) in [6, 6.07) is 9.67. The molecular formula is C18H20N2O5. The normalized spacial score (nSPS) is 23.2. The number of benzene rings is 1. The Bertz CT molecular complexity index is 856. The smallest absolute Gasteiger partial charge is 0.330 e. The van der Waals surface area contributed by atoms with Crippen LogP contribution in [0, 0.1) is 6.92 Å². The van der Waals surface area contributed by atoms with Crippen molar-refractivity contribution in [1.29, 1.82) is 0 Å². The molecule has 3 rings (SSSR count). The van der Waals surface area contributed by atoms with Crippen molar-refractivity contribution in [2.24, 2.45) is 0 Å². The number of H-pyrrole nitrogens is 1. The number of hydrogen-bond donors (Lipinski definition) is 2. The zero-order valence-corrected chi connectivity index (χ0v) is 13.8. The van der Waals surface area contributed by atoms with Gasteiger partial charge >= 0.3 is 5.69 Å². The van der Waals surface area contributed by atoms with E-state index in [1.54, 1.807) is 13.2 Å². The number of hydrogen-bond acceptors (Lipinski definition) is 5. The Labute approximate surface area is 144 Å². The van der Waals surface area contributed by atoms with Gasteiger partial charge in [-0.1, -0.05) is 30.3 Å². The van der Waals surface area contributed by atoms with Crippen molar-refractivity contribution in [1.82, 2.24) is 9.55 Å². The lowest BCUT2D eigenvalue weighted by atomic mass is 10.2. The van der Waals surface area contributed by atoms with E-state index in [2.05, 4.69) is 4.98 Å². The number of aromatic nitrogens is 2. The molecule has 1 unspecified atom stereocenters. The number of nitrogens with one attached hydrogen (secondary N) is 1. The molecule has 1 aromatic carbocycles. The number of rotatable bonds is 5. The second-order valence-corrected chi connectivity index (χ2v) is 5.91. The Balaban J connectivity index is 1.72. The number of nitrogens with zero attached hydrogens (tertiary/aromatic N) is 1. The SMILES string of the molecule is Cc1cn([C@H]2CC(OC=Cc3ccccc3)[C@@H](CO)O2)c(=O)[nH]c1=O. The van der Waals surface area contributed by atoms with Crippen LogP contribution in [0.2, 0.25) is 0 Å². The minimum atomic E-state index is -0.602. The molecule has 132 valence electrons. The van der Waals surface area contributed by atoms with Gasteiger partial charge in [0.1, 0.15) is 18.4 Å². The van der Waals surface area contributed by atoms with Gasteiger partial charge in [0.2, 0.25) is 0 Å². The summed E-state index contributed by atoms with van der Waals surface area (Å²) in [4.78, 5) is 25.7. The molecule has 0 aliphatic carbocycles. The highest BCUT2D eigenvalue weighted by molar-refractivity contribution is 5.47. The van der Waals surface area contributed by atoms with Crippen molar-refractivity contribution in [3.63, 3.8) is 0 Å². The van der Waals surface area contributed by atoms with Crippen LogP contribution in [0.25, 0.3) is 6.08 Å². The Morgan fingerprint density at radius 3 is 2.84 bits per heavy atom. The van der Waals surface area contributed by atoms with Crippen LogP contribution in [0.3, 0.4) is 0 Å².